The Bertz CT molecular complexity index is 1380. The van der Waals surface area contributed by atoms with Crippen LogP contribution in [-0.4, -0.2) is 80.8 Å². The highest BCUT2D eigenvalue weighted by Crippen LogP contribution is 2.42. The molecule has 2 aliphatic rings. The summed E-state index contributed by atoms with van der Waals surface area (Å²) in [5.74, 6) is -1.13. The van der Waals surface area contributed by atoms with Gasteiger partial charge in [-0.25, -0.2) is 9.18 Å². The van der Waals surface area contributed by atoms with Crippen molar-refractivity contribution >= 4 is 23.3 Å². The molecule has 4 rings (SSSR count). The quantitative estimate of drug-likeness (QED) is 0.384. The number of ketones is 1. The molecule has 0 aliphatic carbocycles. The number of nitrogens with zero attached hydrogens (tertiary/aromatic N) is 2. The SMILES string of the molecule is COc1cc2c(c(F)c1OC)C(=N)N(CC(=O)c1cc(N3CCC(OC(C)C(=O)O)CC3)c(OC)c(C(C)(C)C)c1)C2. The van der Waals surface area contributed by atoms with Crippen LogP contribution in [0.5, 0.6) is 17.2 Å². The van der Waals surface area contributed by atoms with Gasteiger partial charge in [0.1, 0.15) is 11.6 Å². The van der Waals surface area contributed by atoms with E-state index >= 15 is 4.39 Å². The maximum atomic E-state index is 15.3. The number of anilines is 1. The number of ether oxygens (including phenoxy) is 4. The molecule has 1 atom stereocenters. The third kappa shape index (κ3) is 6.01. The molecule has 2 N–H and O–H groups in total. The number of rotatable bonds is 10. The maximum absolute atomic E-state index is 15.3. The third-order valence-corrected chi connectivity index (χ3v) is 7.87. The van der Waals surface area contributed by atoms with E-state index in [0.29, 0.717) is 42.8 Å². The predicted octanol–water partition coefficient (Wildman–Crippen LogP) is 4.63. The number of carbonyl (C=O) groups is 2. The molecular weight excluding hydrogens is 545 g/mol. The molecule has 42 heavy (non-hydrogen) atoms. The lowest BCUT2D eigenvalue weighted by Gasteiger charge is -2.36. The number of hydrogen-bond acceptors (Lipinski definition) is 8. The molecule has 2 aromatic rings. The van der Waals surface area contributed by atoms with Crippen molar-refractivity contribution in [3.05, 3.63) is 46.3 Å². The van der Waals surface area contributed by atoms with E-state index in [2.05, 4.69) is 4.90 Å². The fraction of sp³-hybridized carbons (Fsp3) is 0.516. The summed E-state index contributed by atoms with van der Waals surface area (Å²) >= 11 is 0. The van der Waals surface area contributed by atoms with Gasteiger partial charge in [0.25, 0.3) is 0 Å². The van der Waals surface area contributed by atoms with E-state index in [4.69, 9.17) is 24.4 Å². The Kier molecular flexibility index (Phi) is 9.01. The van der Waals surface area contributed by atoms with E-state index in [-0.39, 0.29) is 53.3 Å². The zero-order valence-corrected chi connectivity index (χ0v) is 25.3. The van der Waals surface area contributed by atoms with Crippen molar-refractivity contribution in [2.75, 3.05) is 45.9 Å². The van der Waals surface area contributed by atoms with E-state index in [1.54, 1.807) is 18.1 Å². The van der Waals surface area contributed by atoms with E-state index in [0.717, 1.165) is 11.3 Å². The van der Waals surface area contributed by atoms with Gasteiger partial charge in [-0.1, -0.05) is 20.8 Å². The fourth-order valence-electron chi connectivity index (χ4n) is 5.58. The first-order valence-electron chi connectivity index (χ1n) is 14.0. The smallest absolute Gasteiger partial charge is 0.332 e. The Hall–Kier alpha value is -3.86. The van der Waals surface area contributed by atoms with Crippen molar-refractivity contribution in [1.82, 2.24) is 4.90 Å². The van der Waals surface area contributed by atoms with E-state index in [1.807, 2.05) is 32.9 Å². The van der Waals surface area contributed by atoms with Gasteiger partial charge in [0, 0.05) is 30.8 Å². The second-order valence-corrected chi connectivity index (χ2v) is 11.7. The number of halogens is 1. The fourth-order valence-corrected chi connectivity index (χ4v) is 5.58. The van der Waals surface area contributed by atoms with Gasteiger partial charge in [0.2, 0.25) is 0 Å². The molecule has 1 fully saturated rings. The zero-order chi connectivity index (χ0) is 30.9. The number of nitrogens with one attached hydrogen (secondary N) is 1. The number of hydrogen-bond donors (Lipinski definition) is 2. The first kappa shape index (κ1) is 31.1. The summed E-state index contributed by atoms with van der Waals surface area (Å²) in [4.78, 5) is 28.7. The van der Waals surface area contributed by atoms with Crippen LogP contribution in [0.4, 0.5) is 10.1 Å². The van der Waals surface area contributed by atoms with Gasteiger partial charge in [0.15, 0.2) is 29.2 Å². The van der Waals surface area contributed by atoms with Crippen molar-refractivity contribution < 1.29 is 38.0 Å². The van der Waals surface area contributed by atoms with Gasteiger partial charge < -0.3 is 33.9 Å². The Balaban J connectivity index is 1.61. The molecule has 1 unspecified atom stereocenters. The highest BCUT2D eigenvalue weighted by Gasteiger charge is 2.34. The van der Waals surface area contributed by atoms with E-state index in [9.17, 15) is 14.7 Å². The molecule has 0 bridgehead atoms. The second kappa shape index (κ2) is 12.2. The molecule has 2 aliphatic heterocycles. The summed E-state index contributed by atoms with van der Waals surface area (Å²) in [7, 11) is 4.37. The molecule has 0 amide bonds. The normalized spacial score (nSPS) is 16.3. The van der Waals surface area contributed by atoms with Crippen molar-refractivity contribution in [2.24, 2.45) is 0 Å². The van der Waals surface area contributed by atoms with Crippen LogP contribution < -0.4 is 19.1 Å². The summed E-state index contributed by atoms with van der Waals surface area (Å²) in [6, 6.07) is 5.30. The molecule has 0 saturated carbocycles. The first-order valence-corrected chi connectivity index (χ1v) is 14.0. The average molecular weight is 586 g/mol. The molecule has 1 saturated heterocycles. The molecule has 0 spiro atoms. The third-order valence-electron chi connectivity index (χ3n) is 7.87. The second-order valence-electron chi connectivity index (χ2n) is 11.7. The van der Waals surface area contributed by atoms with Gasteiger partial charge in [0.05, 0.1) is 45.2 Å². The summed E-state index contributed by atoms with van der Waals surface area (Å²) in [5.41, 5.74) is 2.42. The molecule has 0 aromatic heterocycles. The molecule has 0 radical (unpaired) electrons. The minimum atomic E-state index is -0.990. The highest BCUT2D eigenvalue weighted by molar-refractivity contribution is 6.06. The lowest BCUT2D eigenvalue weighted by atomic mass is 9.84. The van der Waals surface area contributed by atoms with Crippen LogP contribution in [0.1, 0.15) is 67.6 Å². The minimum Gasteiger partial charge on any atom is -0.494 e. The van der Waals surface area contributed by atoms with Crippen LogP contribution in [0.25, 0.3) is 0 Å². The van der Waals surface area contributed by atoms with Gasteiger partial charge in [-0.2, -0.15) is 0 Å². The van der Waals surface area contributed by atoms with Crippen LogP contribution in [0.2, 0.25) is 0 Å². The Morgan fingerprint density at radius 2 is 1.71 bits per heavy atom. The van der Waals surface area contributed by atoms with E-state index < -0.39 is 17.9 Å². The molecular formula is C31H40FN3O7. The lowest BCUT2D eigenvalue weighted by molar-refractivity contribution is -0.153. The number of aliphatic carboxylic acids is 1. The number of piperidine rings is 1. The highest BCUT2D eigenvalue weighted by atomic mass is 19.1. The Morgan fingerprint density at radius 3 is 2.26 bits per heavy atom. The number of Topliss-reactive ketones (excluding diaryl/α,β-unsaturated/α-hetero) is 1. The molecule has 11 heteroatoms. The maximum Gasteiger partial charge on any atom is 0.332 e. The van der Waals surface area contributed by atoms with Crippen molar-refractivity contribution in [3.63, 3.8) is 0 Å². The number of amidine groups is 1. The summed E-state index contributed by atoms with van der Waals surface area (Å²) in [6.45, 7) is 8.95. The van der Waals surface area contributed by atoms with Crippen molar-refractivity contribution in [3.8, 4) is 17.2 Å². The average Bonchev–Trinajstić information content (AvgIpc) is 3.26. The van der Waals surface area contributed by atoms with Crippen LogP contribution in [0.15, 0.2) is 18.2 Å². The summed E-state index contributed by atoms with van der Waals surface area (Å²) in [6.07, 6.45) is 0.207. The number of carboxylic acid groups (broad SMARTS) is 1. The molecule has 228 valence electrons. The van der Waals surface area contributed by atoms with Gasteiger partial charge in [-0.05, 0) is 48.9 Å². The Labute approximate surface area is 245 Å². The Morgan fingerprint density at radius 1 is 1.07 bits per heavy atom. The van der Waals surface area contributed by atoms with Crippen LogP contribution in [-0.2, 0) is 21.5 Å². The van der Waals surface area contributed by atoms with Gasteiger partial charge in [-0.15, -0.1) is 0 Å². The van der Waals surface area contributed by atoms with Gasteiger partial charge >= 0.3 is 5.97 Å². The van der Waals surface area contributed by atoms with Crippen molar-refractivity contribution in [1.29, 1.82) is 5.41 Å². The summed E-state index contributed by atoms with van der Waals surface area (Å²) in [5, 5.41) is 17.8. The first-order chi connectivity index (χ1) is 19.8. The largest absolute Gasteiger partial charge is 0.494 e. The number of carbonyl (C=O) groups excluding carboxylic acids is 1. The molecule has 2 aromatic carbocycles. The van der Waals surface area contributed by atoms with Gasteiger partial charge in [-0.3, -0.25) is 10.2 Å². The molecule has 10 nitrogen and oxygen atoms in total. The number of carboxylic acids is 1. The molecule has 2 heterocycles. The standard InChI is InChI=1S/C31H40FN3O7/c1-17(30(37)38)42-20-8-10-34(11-9-20)22-13-18(12-21(27(22)40-6)31(2,3)4)23(36)16-35-15-19-14-24(39-5)28(41-7)26(32)25(19)29(35)33/h12-14,17,20,33H,8-11,15-16H2,1-7H3,(H,37,38). The van der Waals surface area contributed by atoms with E-state index in [1.165, 1.54) is 21.1 Å². The minimum absolute atomic E-state index is 0.0737. The van der Waals surface area contributed by atoms with Crippen molar-refractivity contribution in [2.45, 2.75) is 64.7 Å². The van der Waals surface area contributed by atoms with Crippen LogP contribution in [0.3, 0.4) is 0 Å². The summed E-state index contributed by atoms with van der Waals surface area (Å²) < 4.78 is 37.3. The van der Waals surface area contributed by atoms with Crippen LogP contribution >= 0.6 is 0 Å². The topological polar surface area (TPSA) is 122 Å². The lowest BCUT2D eigenvalue weighted by Crippen LogP contribution is -2.39. The zero-order valence-electron chi connectivity index (χ0n) is 25.3. The van der Waals surface area contributed by atoms with Crippen LogP contribution in [0, 0.1) is 11.2 Å². The predicted molar refractivity (Wildman–Crippen MR) is 156 cm³/mol. The number of fused-ring (bicyclic) bond motifs is 1. The number of benzene rings is 2. The number of methoxy groups -OCH3 is 3. The monoisotopic (exact) mass is 585 g/mol.